The molecule has 2 aromatic rings. The van der Waals surface area contributed by atoms with Gasteiger partial charge in [-0.15, -0.1) is 0 Å². The predicted molar refractivity (Wildman–Crippen MR) is 87.7 cm³/mol. The summed E-state index contributed by atoms with van der Waals surface area (Å²) in [7, 11) is -2.15. The van der Waals surface area contributed by atoms with Crippen LogP contribution in [0.1, 0.15) is 12.5 Å². The van der Waals surface area contributed by atoms with Gasteiger partial charge in [-0.25, -0.2) is 8.42 Å². The molecule has 0 saturated heterocycles. The summed E-state index contributed by atoms with van der Waals surface area (Å²) in [4.78, 5) is 0.173. The van der Waals surface area contributed by atoms with Crippen molar-refractivity contribution in [3.05, 3.63) is 59.1 Å². The molecule has 0 atom stereocenters. The molecule has 2 aromatic carbocycles. The molecule has 0 spiro atoms. The van der Waals surface area contributed by atoms with E-state index in [0.29, 0.717) is 23.9 Å². The lowest BCUT2D eigenvalue weighted by atomic mass is 10.2. The fourth-order valence-corrected chi connectivity index (χ4v) is 3.75. The Hall–Kier alpha value is -1.56. The number of hydrogen-bond donors (Lipinski definition) is 0. The third-order valence-electron chi connectivity index (χ3n) is 3.31. The minimum atomic E-state index is -3.60. The first-order valence-electron chi connectivity index (χ1n) is 6.86. The van der Waals surface area contributed by atoms with E-state index < -0.39 is 10.0 Å². The molecule has 0 amide bonds. The number of nitrogens with zero attached hydrogens (tertiary/aromatic N) is 1. The lowest BCUT2D eigenvalue weighted by Gasteiger charge is -2.21. The topological polar surface area (TPSA) is 46.6 Å². The van der Waals surface area contributed by atoms with Gasteiger partial charge in [0.05, 0.1) is 17.0 Å². The van der Waals surface area contributed by atoms with E-state index in [9.17, 15) is 8.42 Å². The molecule has 2 rings (SSSR count). The summed E-state index contributed by atoms with van der Waals surface area (Å²) in [6.45, 7) is 2.51. The Balaban J connectivity index is 2.34. The van der Waals surface area contributed by atoms with E-state index in [4.69, 9.17) is 16.3 Å². The number of ether oxygens (including phenoxy) is 1. The minimum Gasteiger partial charge on any atom is -0.495 e. The van der Waals surface area contributed by atoms with Crippen molar-refractivity contribution < 1.29 is 13.2 Å². The number of sulfonamides is 1. The van der Waals surface area contributed by atoms with E-state index in [-0.39, 0.29) is 4.90 Å². The van der Waals surface area contributed by atoms with Crippen LogP contribution in [0.5, 0.6) is 5.75 Å². The Morgan fingerprint density at radius 1 is 1.14 bits per heavy atom. The van der Waals surface area contributed by atoms with Gasteiger partial charge >= 0.3 is 0 Å². The second-order valence-electron chi connectivity index (χ2n) is 4.71. The van der Waals surface area contributed by atoms with Gasteiger partial charge in [-0.05, 0) is 17.7 Å². The first-order chi connectivity index (χ1) is 10.5. The molecular weight excluding hydrogens is 322 g/mol. The van der Waals surface area contributed by atoms with Crippen LogP contribution in [-0.4, -0.2) is 26.4 Å². The lowest BCUT2D eigenvalue weighted by Crippen LogP contribution is -2.30. The monoisotopic (exact) mass is 339 g/mol. The van der Waals surface area contributed by atoms with Crippen LogP contribution in [0.25, 0.3) is 0 Å². The molecule has 0 aliphatic heterocycles. The molecular formula is C16H18ClNO3S. The Kier molecular flexibility index (Phi) is 5.45. The molecule has 0 N–H and O–H groups in total. The summed E-state index contributed by atoms with van der Waals surface area (Å²) in [6, 6.07) is 14.0. The van der Waals surface area contributed by atoms with Crippen molar-refractivity contribution >= 4 is 21.6 Å². The summed E-state index contributed by atoms with van der Waals surface area (Å²) in [5, 5.41) is 0.382. The van der Waals surface area contributed by atoms with Crippen molar-refractivity contribution in [2.45, 2.75) is 18.4 Å². The van der Waals surface area contributed by atoms with Gasteiger partial charge in [0, 0.05) is 19.2 Å². The smallest absolute Gasteiger partial charge is 0.243 e. The van der Waals surface area contributed by atoms with Crippen molar-refractivity contribution in [3.63, 3.8) is 0 Å². The largest absolute Gasteiger partial charge is 0.495 e. The molecule has 6 heteroatoms. The quantitative estimate of drug-likeness (QED) is 0.808. The van der Waals surface area contributed by atoms with Crippen LogP contribution in [0, 0.1) is 0 Å². The Labute approximate surface area is 136 Å². The predicted octanol–water partition coefficient (Wildman–Crippen LogP) is 3.56. The van der Waals surface area contributed by atoms with Gasteiger partial charge in [-0.1, -0.05) is 48.9 Å². The summed E-state index contributed by atoms with van der Waals surface area (Å²) >= 11 is 5.96. The molecule has 0 heterocycles. The van der Waals surface area contributed by atoms with Gasteiger partial charge in [0.15, 0.2) is 0 Å². The molecule has 0 aromatic heterocycles. The molecule has 0 radical (unpaired) electrons. The molecule has 22 heavy (non-hydrogen) atoms. The van der Waals surface area contributed by atoms with Gasteiger partial charge in [-0.2, -0.15) is 4.31 Å². The maximum absolute atomic E-state index is 12.8. The first-order valence-corrected chi connectivity index (χ1v) is 8.68. The summed E-state index contributed by atoms with van der Waals surface area (Å²) in [5.74, 6) is 0.346. The SMILES string of the molecule is CCN(Cc1ccccc1)S(=O)(=O)c1ccc(Cl)c(OC)c1. The van der Waals surface area contributed by atoms with Crippen LogP contribution in [-0.2, 0) is 16.6 Å². The van der Waals surface area contributed by atoms with Crippen molar-refractivity contribution in [1.82, 2.24) is 4.31 Å². The zero-order valence-corrected chi connectivity index (χ0v) is 14.1. The second-order valence-corrected chi connectivity index (χ2v) is 7.06. The van der Waals surface area contributed by atoms with Gasteiger partial charge in [0.2, 0.25) is 10.0 Å². The van der Waals surface area contributed by atoms with Crippen LogP contribution in [0.3, 0.4) is 0 Å². The van der Waals surface area contributed by atoms with Gasteiger partial charge in [-0.3, -0.25) is 0 Å². The molecule has 0 fully saturated rings. The maximum Gasteiger partial charge on any atom is 0.243 e. The van der Waals surface area contributed by atoms with E-state index >= 15 is 0 Å². The highest BCUT2D eigenvalue weighted by Crippen LogP contribution is 2.29. The number of hydrogen-bond acceptors (Lipinski definition) is 3. The highest BCUT2D eigenvalue weighted by molar-refractivity contribution is 7.89. The van der Waals surface area contributed by atoms with Crippen molar-refractivity contribution in [1.29, 1.82) is 0 Å². The number of methoxy groups -OCH3 is 1. The van der Waals surface area contributed by atoms with Crippen LogP contribution >= 0.6 is 11.6 Å². The van der Waals surface area contributed by atoms with Crippen LogP contribution < -0.4 is 4.74 Å². The molecule has 0 unspecified atom stereocenters. The summed E-state index contributed by atoms with van der Waals surface area (Å²) in [6.07, 6.45) is 0. The van der Waals surface area contributed by atoms with E-state index in [0.717, 1.165) is 5.56 Å². The number of halogens is 1. The van der Waals surface area contributed by atoms with Gasteiger partial charge < -0.3 is 4.74 Å². The average molecular weight is 340 g/mol. The van der Waals surface area contributed by atoms with Crippen molar-refractivity contribution in [2.24, 2.45) is 0 Å². The summed E-state index contributed by atoms with van der Waals surface area (Å²) in [5.41, 5.74) is 0.939. The van der Waals surface area contributed by atoms with Gasteiger partial charge in [0.25, 0.3) is 0 Å². The molecule has 4 nitrogen and oxygen atoms in total. The minimum absolute atomic E-state index is 0.173. The van der Waals surface area contributed by atoms with Crippen LogP contribution in [0.2, 0.25) is 5.02 Å². The fourth-order valence-electron chi connectivity index (χ4n) is 2.10. The van der Waals surface area contributed by atoms with Crippen molar-refractivity contribution in [2.75, 3.05) is 13.7 Å². The Morgan fingerprint density at radius 3 is 2.41 bits per heavy atom. The number of benzene rings is 2. The normalized spacial score (nSPS) is 11.6. The first kappa shape index (κ1) is 16.8. The van der Waals surface area contributed by atoms with Crippen LogP contribution in [0.4, 0.5) is 0 Å². The number of rotatable bonds is 6. The molecule has 0 bridgehead atoms. The zero-order valence-electron chi connectivity index (χ0n) is 12.5. The third kappa shape index (κ3) is 3.61. The molecule has 0 aliphatic rings. The molecule has 118 valence electrons. The van der Waals surface area contributed by atoms with E-state index in [1.807, 2.05) is 37.3 Å². The lowest BCUT2D eigenvalue weighted by molar-refractivity contribution is 0.410. The van der Waals surface area contributed by atoms with Crippen LogP contribution in [0.15, 0.2) is 53.4 Å². The standard InChI is InChI=1S/C16H18ClNO3S/c1-3-18(12-13-7-5-4-6-8-13)22(19,20)14-9-10-15(17)16(11-14)21-2/h4-11H,3,12H2,1-2H3. The second kappa shape index (κ2) is 7.13. The average Bonchev–Trinajstić information content (AvgIpc) is 2.53. The van der Waals surface area contributed by atoms with E-state index in [1.165, 1.54) is 29.6 Å². The van der Waals surface area contributed by atoms with Gasteiger partial charge in [0.1, 0.15) is 5.75 Å². The molecule has 0 aliphatic carbocycles. The Morgan fingerprint density at radius 2 is 1.82 bits per heavy atom. The summed E-state index contributed by atoms with van der Waals surface area (Å²) < 4.78 is 32.1. The highest BCUT2D eigenvalue weighted by atomic mass is 35.5. The third-order valence-corrected chi connectivity index (χ3v) is 5.54. The van der Waals surface area contributed by atoms with E-state index in [2.05, 4.69) is 0 Å². The zero-order chi connectivity index (χ0) is 16.2. The fraction of sp³-hybridized carbons (Fsp3) is 0.250. The molecule has 0 saturated carbocycles. The highest BCUT2D eigenvalue weighted by Gasteiger charge is 2.24. The maximum atomic E-state index is 12.8. The van der Waals surface area contributed by atoms with Crippen molar-refractivity contribution in [3.8, 4) is 5.75 Å². The Bertz CT molecular complexity index is 732. The van der Waals surface area contributed by atoms with E-state index in [1.54, 1.807) is 0 Å².